The first-order chi connectivity index (χ1) is 26.2. The van der Waals surface area contributed by atoms with E-state index in [1.807, 2.05) is 0 Å². The van der Waals surface area contributed by atoms with E-state index in [9.17, 15) is 0 Å². The van der Waals surface area contributed by atoms with Crippen molar-refractivity contribution in [2.45, 2.75) is 91.7 Å². The topological polar surface area (TPSA) is 49.4 Å². The maximum absolute atomic E-state index is 5.34. The van der Waals surface area contributed by atoms with Gasteiger partial charge in [0.1, 0.15) is 16.1 Å². The molecule has 0 aromatic heterocycles. The number of hydrogen-bond acceptors (Lipinski definition) is 4. The number of rotatable bonds is 2. The largest absolute Gasteiger partial charge is 0.247 e. The Labute approximate surface area is 336 Å². The van der Waals surface area contributed by atoms with Gasteiger partial charge < -0.3 is 0 Å². The quantitative estimate of drug-likeness (QED) is 0.216. The normalized spacial score (nSPS) is 17.9. The maximum Gasteiger partial charge on any atom is 0.129 e. The van der Waals surface area contributed by atoms with E-state index >= 15 is 0 Å². The van der Waals surface area contributed by atoms with E-state index < -0.39 is 16.1 Å². The van der Waals surface area contributed by atoms with Crippen molar-refractivity contribution in [3.8, 4) is 22.9 Å². The highest BCUT2D eigenvalue weighted by molar-refractivity contribution is 6.84. The number of aliphatic imine (C=N–C) groups is 4. The summed E-state index contributed by atoms with van der Waals surface area (Å²) in [5.41, 5.74) is 22.1. The Morgan fingerprint density at radius 1 is 0.393 bits per heavy atom. The van der Waals surface area contributed by atoms with Gasteiger partial charge in [0.2, 0.25) is 0 Å². The molecule has 5 heterocycles. The molecule has 5 aliphatic heterocycles. The van der Waals surface area contributed by atoms with Gasteiger partial charge in [-0.05, 0) is 81.7 Å². The Morgan fingerprint density at radius 2 is 0.696 bits per heavy atom. The van der Waals surface area contributed by atoms with Crippen LogP contribution in [-0.2, 0) is 10.8 Å². The summed E-state index contributed by atoms with van der Waals surface area (Å²) in [5.74, 6) is 7.17. The van der Waals surface area contributed by atoms with Crippen LogP contribution in [0.5, 0.6) is 0 Å². The molecule has 4 nitrogen and oxygen atoms in total. The molecular weight excluding hydrogens is 713 g/mol. The fraction of sp³-hybridized carbons (Fsp3) is 0.280. The van der Waals surface area contributed by atoms with E-state index in [2.05, 4.69) is 201 Å². The average molecular weight is 765 g/mol. The van der Waals surface area contributed by atoms with Crippen molar-refractivity contribution in [2.24, 2.45) is 20.0 Å². The lowest BCUT2D eigenvalue weighted by atomic mass is 9.85. The predicted molar refractivity (Wildman–Crippen MR) is 247 cm³/mol. The van der Waals surface area contributed by atoms with Gasteiger partial charge in [0.05, 0.1) is 56.8 Å². The van der Waals surface area contributed by atoms with Gasteiger partial charge in [-0.15, -0.1) is 11.1 Å². The lowest BCUT2D eigenvalue weighted by Crippen LogP contribution is -2.16. The second-order valence-electron chi connectivity index (χ2n) is 19.0. The number of fused-ring (bicyclic) bond motifs is 4. The second-order valence-corrected chi connectivity index (χ2v) is 28.5. The third-order valence-corrected chi connectivity index (χ3v) is 11.6. The summed E-state index contributed by atoms with van der Waals surface area (Å²) in [6.07, 6.45) is 16.7. The zero-order valence-corrected chi connectivity index (χ0v) is 37.0. The van der Waals surface area contributed by atoms with Crippen LogP contribution in [0.25, 0.3) is 11.1 Å². The highest BCUT2D eigenvalue weighted by Crippen LogP contribution is 2.36. The molecule has 0 saturated carbocycles. The Hall–Kier alpha value is -5.41. The Bertz CT molecular complexity index is 2370. The molecule has 8 bridgehead atoms. The zero-order valence-electron chi connectivity index (χ0n) is 35.0. The van der Waals surface area contributed by atoms with Crippen molar-refractivity contribution in [1.82, 2.24) is 0 Å². The van der Waals surface area contributed by atoms with Gasteiger partial charge in [-0.2, -0.15) is 0 Å². The Balaban J connectivity index is 1.54. The van der Waals surface area contributed by atoms with Gasteiger partial charge in [-0.25, -0.2) is 20.0 Å². The molecule has 0 atom stereocenters. The minimum atomic E-state index is -1.75. The summed E-state index contributed by atoms with van der Waals surface area (Å²) >= 11 is 0. The molecule has 0 unspecified atom stereocenters. The van der Waals surface area contributed by atoms with Crippen molar-refractivity contribution in [3.63, 3.8) is 0 Å². The molecule has 0 radical (unpaired) electrons. The second kappa shape index (κ2) is 14.3. The standard InChI is InChI=1S/C50H52N4Si2/c1-49(2,3)35-17-13-33(14-18-35)47-43-25-21-39(51-43)37(29-31-55(7,8)9)41-23-27-45(53-41)48(34-15-19-36(20-16-34)50(4,5)6)46-28-24-42(54-46)38(30-32-56(10,11)12)40-22-26-44(47)52-40/h13-28H,1-12H3. The fourth-order valence-electron chi connectivity index (χ4n) is 6.71. The summed E-state index contributed by atoms with van der Waals surface area (Å²) in [7, 11) is -3.51. The van der Waals surface area contributed by atoms with Gasteiger partial charge in [0.25, 0.3) is 0 Å². The van der Waals surface area contributed by atoms with Crippen molar-refractivity contribution in [3.05, 3.63) is 153 Å². The first kappa shape index (κ1) is 38.9. The van der Waals surface area contributed by atoms with Crippen LogP contribution in [0.4, 0.5) is 0 Å². The zero-order chi connectivity index (χ0) is 40.2. The van der Waals surface area contributed by atoms with E-state index in [4.69, 9.17) is 20.0 Å². The summed E-state index contributed by atoms with van der Waals surface area (Å²) < 4.78 is 0. The number of allylic oxidation sites excluding steroid dienone is 12. The van der Waals surface area contributed by atoms with E-state index in [1.165, 1.54) is 11.1 Å². The SMILES string of the molecule is CC(C)(C)c1ccc(C2=C3C=CC(=N3)C(C#C[Si](C)(C)C)=C3C=CC(=N3)C(c3ccc(C(C)(C)C)cc3)=C3C=CC(=N3)C(C#C[Si](C)(C)C)=C3C=CC2=N3)cc1. The molecule has 6 heteroatoms. The predicted octanol–water partition coefficient (Wildman–Crippen LogP) is 11.7. The van der Waals surface area contributed by atoms with Crippen LogP contribution in [-0.4, -0.2) is 39.0 Å². The maximum atomic E-state index is 5.34. The molecule has 5 aliphatic rings. The van der Waals surface area contributed by atoms with Crippen LogP contribution >= 0.6 is 0 Å². The van der Waals surface area contributed by atoms with Gasteiger partial charge in [-0.3, -0.25) is 0 Å². The minimum absolute atomic E-state index is 0.0306. The molecule has 0 spiro atoms. The fourth-order valence-corrected chi connectivity index (χ4v) is 7.71. The molecule has 2 aromatic rings. The summed E-state index contributed by atoms with van der Waals surface area (Å²) in [5, 5.41) is 0. The highest BCUT2D eigenvalue weighted by Gasteiger charge is 2.27. The summed E-state index contributed by atoms with van der Waals surface area (Å²) in [4.78, 5) is 21.4. The van der Waals surface area contributed by atoms with E-state index in [1.54, 1.807) is 0 Å². The molecule has 280 valence electrons. The van der Waals surface area contributed by atoms with Crippen LogP contribution in [0.15, 0.2) is 151 Å². The minimum Gasteiger partial charge on any atom is -0.247 e. The lowest BCUT2D eigenvalue weighted by Gasteiger charge is -2.19. The van der Waals surface area contributed by atoms with Gasteiger partial charge in [0.15, 0.2) is 0 Å². The van der Waals surface area contributed by atoms with E-state index in [0.717, 1.165) is 79.1 Å². The van der Waals surface area contributed by atoms with E-state index in [0.29, 0.717) is 0 Å². The van der Waals surface area contributed by atoms with Crippen molar-refractivity contribution in [2.75, 3.05) is 0 Å². The van der Waals surface area contributed by atoms with Crippen LogP contribution in [0.3, 0.4) is 0 Å². The van der Waals surface area contributed by atoms with Crippen LogP contribution in [0, 0.1) is 22.9 Å². The van der Waals surface area contributed by atoms with Crippen molar-refractivity contribution >= 4 is 50.1 Å². The lowest BCUT2D eigenvalue weighted by molar-refractivity contribution is 0.590. The molecule has 2 aromatic carbocycles. The molecular formula is C50H52N4Si2. The molecule has 0 N–H and O–H groups in total. The first-order valence-electron chi connectivity index (χ1n) is 19.6. The monoisotopic (exact) mass is 764 g/mol. The molecule has 0 saturated heterocycles. The van der Waals surface area contributed by atoms with Crippen LogP contribution in [0.2, 0.25) is 39.3 Å². The first-order valence-corrected chi connectivity index (χ1v) is 26.6. The Morgan fingerprint density at radius 3 is 1.02 bits per heavy atom. The molecule has 0 fully saturated rings. The molecule has 0 amide bonds. The molecule has 0 aliphatic carbocycles. The number of nitrogens with zero attached hydrogens (tertiary/aromatic N) is 4. The smallest absolute Gasteiger partial charge is 0.129 e. The van der Waals surface area contributed by atoms with Gasteiger partial charge in [0, 0.05) is 11.1 Å². The Kier molecular flexibility index (Phi) is 9.90. The third-order valence-electron chi connectivity index (χ3n) is 9.81. The van der Waals surface area contributed by atoms with Crippen LogP contribution < -0.4 is 0 Å². The number of hydrogen-bond donors (Lipinski definition) is 0. The van der Waals surface area contributed by atoms with E-state index in [-0.39, 0.29) is 10.8 Å². The average Bonchev–Trinajstić information content (AvgIpc) is 3.94. The molecule has 56 heavy (non-hydrogen) atoms. The summed E-state index contributed by atoms with van der Waals surface area (Å²) in [6.45, 7) is 27.0. The van der Waals surface area contributed by atoms with Gasteiger partial charge >= 0.3 is 0 Å². The summed E-state index contributed by atoms with van der Waals surface area (Å²) in [6, 6.07) is 17.7. The van der Waals surface area contributed by atoms with Crippen molar-refractivity contribution < 1.29 is 0 Å². The molecule has 7 rings (SSSR count). The van der Waals surface area contributed by atoms with Crippen molar-refractivity contribution in [1.29, 1.82) is 0 Å². The number of benzene rings is 2. The third kappa shape index (κ3) is 8.38. The van der Waals surface area contributed by atoms with Crippen LogP contribution in [0.1, 0.15) is 63.8 Å². The van der Waals surface area contributed by atoms with Gasteiger partial charge in [-0.1, -0.05) is 141 Å². The highest BCUT2D eigenvalue weighted by atomic mass is 28.3.